The zero-order valence-corrected chi connectivity index (χ0v) is 47.0. The summed E-state index contributed by atoms with van der Waals surface area (Å²) in [4.78, 5) is 37.2. The topological polar surface area (TPSA) is 111 Å². The summed E-state index contributed by atoms with van der Waals surface area (Å²) >= 11 is 0. The molecular formula is C64H105NO8. The number of esters is 2. The molecule has 0 saturated carbocycles. The van der Waals surface area contributed by atoms with E-state index in [9.17, 15) is 19.5 Å². The van der Waals surface area contributed by atoms with Crippen LogP contribution in [0, 0.1) is 0 Å². The third kappa shape index (κ3) is 55.3. The number of hydrogen-bond acceptors (Lipinski definition) is 8. The van der Waals surface area contributed by atoms with Crippen LogP contribution >= 0.6 is 0 Å². The molecule has 0 N–H and O–H groups in total. The van der Waals surface area contributed by atoms with Crippen LogP contribution in [0.15, 0.2) is 122 Å². The lowest BCUT2D eigenvalue weighted by atomic mass is 10.1. The van der Waals surface area contributed by atoms with Gasteiger partial charge < -0.3 is 33.3 Å². The number of aliphatic carboxylic acids is 1. The van der Waals surface area contributed by atoms with Crippen LogP contribution in [0.4, 0.5) is 0 Å². The van der Waals surface area contributed by atoms with Crippen LogP contribution in [-0.4, -0.2) is 82.3 Å². The normalized spacial score (nSPS) is 13.7. The maximum atomic E-state index is 12.8. The number of allylic oxidation sites excluding steroid dienone is 20. The summed E-state index contributed by atoms with van der Waals surface area (Å²) in [6.45, 7) is 4.55. The second-order valence-corrected chi connectivity index (χ2v) is 19.8. The Labute approximate surface area is 447 Å². The van der Waals surface area contributed by atoms with Crippen molar-refractivity contribution in [2.75, 3.05) is 47.5 Å². The van der Waals surface area contributed by atoms with Crippen molar-refractivity contribution < 1.29 is 42.9 Å². The number of nitrogens with zero attached hydrogens (tertiary/aromatic N) is 1. The predicted molar refractivity (Wildman–Crippen MR) is 306 cm³/mol. The van der Waals surface area contributed by atoms with E-state index in [1.807, 2.05) is 21.1 Å². The molecule has 0 spiro atoms. The van der Waals surface area contributed by atoms with E-state index >= 15 is 0 Å². The number of likely N-dealkylation sites (N-methyl/N-ethyl adjacent to an activating group) is 1. The van der Waals surface area contributed by atoms with Crippen molar-refractivity contribution in [3.63, 3.8) is 0 Å². The van der Waals surface area contributed by atoms with Crippen molar-refractivity contribution in [2.45, 2.75) is 219 Å². The molecule has 0 amide bonds. The molecule has 0 aliphatic carbocycles. The average molecular weight is 1020 g/mol. The van der Waals surface area contributed by atoms with E-state index in [2.05, 4.69) is 135 Å². The first-order valence-corrected chi connectivity index (χ1v) is 28.7. The summed E-state index contributed by atoms with van der Waals surface area (Å²) in [6.07, 6.45) is 72.5. The van der Waals surface area contributed by atoms with Crippen molar-refractivity contribution in [3.8, 4) is 0 Å². The minimum atomic E-state index is -1.64. The smallest absolute Gasteiger partial charge is 0.306 e. The largest absolute Gasteiger partial charge is 0.545 e. The summed E-state index contributed by atoms with van der Waals surface area (Å²) in [7, 11) is 5.89. The molecule has 9 heteroatoms. The lowest BCUT2D eigenvalue weighted by molar-refractivity contribution is -0.870. The number of carbonyl (C=O) groups is 3. The highest BCUT2D eigenvalue weighted by Gasteiger charge is 2.21. The van der Waals surface area contributed by atoms with E-state index in [1.54, 1.807) is 0 Å². The Morgan fingerprint density at radius 3 is 1.22 bits per heavy atom. The van der Waals surface area contributed by atoms with E-state index < -0.39 is 24.3 Å². The fraction of sp³-hybridized carbons (Fsp3) is 0.641. The molecule has 0 radical (unpaired) electrons. The van der Waals surface area contributed by atoms with Gasteiger partial charge in [-0.15, -0.1) is 0 Å². The van der Waals surface area contributed by atoms with Crippen molar-refractivity contribution in [2.24, 2.45) is 0 Å². The molecule has 73 heavy (non-hydrogen) atoms. The minimum Gasteiger partial charge on any atom is -0.545 e. The Bertz CT molecular complexity index is 1610. The number of carboxylic acids is 1. The summed E-state index contributed by atoms with van der Waals surface area (Å²) in [5, 5.41) is 11.8. The van der Waals surface area contributed by atoms with Crippen molar-refractivity contribution in [1.29, 1.82) is 0 Å². The van der Waals surface area contributed by atoms with E-state index in [-0.39, 0.29) is 38.6 Å². The first-order valence-electron chi connectivity index (χ1n) is 28.7. The molecule has 0 rings (SSSR count). The Morgan fingerprint density at radius 2 is 0.795 bits per heavy atom. The third-order valence-corrected chi connectivity index (χ3v) is 11.7. The minimum absolute atomic E-state index is 0.130. The van der Waals surface area contributed by atoms with Crippen molar-refractivity contribution >= 4 is 17.9 Å². The fourth-order valence-electron chi connectivity index (χ4n) is 7.30. The van der Waals surface area contributed by atoms with Gasteiger partial charge in [-0.1, -0.05) is 212 Å². The van der Waals surface area contributed by atoms with Crippen LogP contribution in [0.25, 0.3) is 0 Å². The SMILES string of the molecule is CC/C=C\C/C=C\C/C=C\C/C=C\C/C=C\C/C=C\C/C=C\C/C=C\C/C=C\CCCC(=O)OC(COC(=O)CCCCCCCCCCC/C=C\CCCCCCCC)COC(OCC[N+](C)(C)C)C(=O)[O-]. The van der Waals surface area contributed by atoms with Gasteiger partial charge in [-0.05, 0) is 103 Å². The summed E-state index contributed by atoms with van der Waals surface area (Å²) in [6, 6.07) is 0. The zero-order valence-electron chi connectivity index (χ0n) is 47.0. The molecule has 0 bridgehead atoms. The summed E-state index contributed by atoms with van der Waals surface area (Å²) in [5.41, 5.74) is 0. The van der Waals surface area contributed by atoms with Crippen LogP contribution < -0.4 is 5.11 Å². The van der Waals surface area contributed by atoms with E-state index in [0.717, 1.165) is 83.5 Å². The number of unbranched alkanes of at least 4 members (excludes halogenated alkanes) is 16. The number of quaternary nitrogens is 1. The maximum absolute atomic E-state index is 12.8. The fourth-order valence-corrected chi connectivity index (χ4v) is 7.30. The zero-order chi connectivity index (χ0) is 53.4. The Hall–Kier alpha value is -4.31. The molecule has 0 aromatic rings. The van der Waals surface area contributed by atoms with Crippen LogP contribution in [0.5, 0.6) is 0 Å². The molecule has 2 atom stereocenters. The van der Waals surface area contributed by atoms with Gasteiger partial charge in [0.1, 0.15) is 13.2 Å². The molecule has 0 aromatic heterocycles. The summed E-state index contributed by atoms with van der Waals surface area (Å²) < 4.78 is 22.6. The van der Waals surface area contributed by atoms with Crippen LogP contribution in [0.2, 0.25) is 0 Å². The van der Waals surface area contributed by atoms with Gasteiger partial charge >= 0.3 is 11.9 Å². The molecule has 0 saturated heterocycles. The second-order valence-electron chi connectivity index (χ2n) is 19.8. The molecule has 0 aliphatic heterocycles. The quantitative estimate of drug-likeness (QED) is 0.0195. The molecular weight excluding hydrogens is 911 g/mol. The van der Waals surface area contributed by atoms with Gasteiger partial charge in [-0.2, -0.15) is 0 Å². The monoisotopic (exact) mass is 1020 g/mol. The number of carbonyl (C=O) groups excluding carboxylic acids is 3. The molecule has 2 unspecified atom stereocenters. The van der Waals surface area contributed by atoms with E-state index in [1.165, 1.54) is 83.5 Å². The van der Waals surface area contributed by atoms with Gasteiger partial charge in [0.2, 0.25) is 0 Å². The van der Waals surface area contributed by atoms with Gasteiger partial charge in [0.05, 0.1) is 40.3 Å². The Balaban J connectivity index is 4.42. The van der Waals surface area contributed by atoms with Gasteiger partial charge in [0.25, 0.3) is 0 Å². The molecule has 0 heterocycles. The molecule has 0 fully saturated rings. The van der Waals surface area contributed by atoms with Gasteiger partial charge in [0, 0.05) is 12.8 Å². The lowest BCUT2D eigenvalue weighted by Crippen LogP contribution is -2.44. The lowest BCUT2D eigenvalue weighted by Gasteiger charge is -2.26. The van der Waals surface area contributed by atoms with Crippen LogP contribution in [-0.2, 0) is 33.3 Å². The van der Waals surface area contributed by atoms with E-state index in [0.29, 0.717) is 23.9 Å². The van der Waals surface area contributed by atoms with Gasteiger partial charge in [-0.3, -0.25) is 9.59 Å². The maximum Gasteiger partial charge on any atom is 0.306 e. The molecule has 414 valence electrons. The van der Waals surface area contributed by atoms with Crippen LogP contribution in [0.1, 0.15) is 206 Å². The predicted octanol–water partition coefficient (Wildman–Crippen LogP) is 15.6. The van der Waals surface area contributed by atoms with Gasteiger partial charge in [-0.25, -0.2) is 0 Å². The number of carboxylic acid groups (broad SMARTS) is 1. The van der Waals surface area contributed by atoms with Crippen molar-refractivity contribution in [1.82, 2.24) is 0 Å². The first kappa shape index (κ1) is 68.7. The Morgan fingerprint density at radius 1 is 0.425 bits per heavy atom. The first-order chi connectivity index (χ1) is 35.6. The summed E-state index contributed by atoms with van der Waals surface area (Å²) in [5.74, 6) is -2.38. The molecule has 0 aliphatic rings. The second kappa shape index (κ2) is 54.0. The average Bonchev–Trinajstić information content (AvgIpc) is 3.36. The third-order valence-electron chi connectivity index (χ3n) is 11.7. The number of ether oxygens (including phenoxy) is 4. The number of hydrogen-bond donors (Lipinski definition) is 0. The Kier molecular flexibility index (Phi) is 50.8. The highest BCUT2D eigenvalue weighted by molar-refractivity contribution is 5.70. The van der Waals surface area contributed by atoms with Gasteiger partial charge in [0.15, 0.2) is 12.4 Å². The molecule has 9 nitrogen and oxygen atoms in total. The van der Waals surface area contributed by atoms with E-state index in [4.69, 9.17) is 18.9 Å². The number of rotatable bonds is 51. The molecule has 0 aromatic carbocycles. The standard InChI is InChI=1S/C64H105NO8/c1-6-8-10-12-14-16-18-20-22-24-26-27-28-29-30-31-32-33-34-35-37-39-41-43-45-47-49-51-53-55-62(67)73-60(59-72-64(63(68)69)70-57-56-65(3,4)5)58-71-61(66)54-52-50-48-46-44-42-40-38-36-25-23-21-19-17-15-13-11-9-7-2/h8,10,14,16,20-23,26-27,29-30,32-33,35,37,41,43,47,49,60,64H,6-7,9,11-13,15,17-19,24-25,28,31,34,36,38-40,42,44-46,48,50-59H2,1-5H3/b10-8-,16-14-,22-20-,23-21-,27-26-,30-29-,33-32-,37-35-,43-41-,49-47-. The van der Waals surface area contributed by atoms with Crippen molar-refractivity contribution in [3.05, 3.63) is 122 Å². The van der Waals surface area contributed by atoms with Crippen LogP contribution in [0.3, 0.4) is 0 Å². The highest BCUT2D eigenvalue weighted by atomic mass is 16.7. The highest BCUT2D eigenvalue weighted by Crippen LogP contribution is 2.14.